The molecule has 1 aromatic heterocycles. The van der Waals surface area contributed by atoms with Gasteiger partial charge in [0.15, 0.2) is 0 Å². The Bertz CT molecular complexity index is 1220. The van der Waals surface area contributed by atoms with Crippen LogP contribution in [0.4, 0.5) is 5.69 Å². The molecular weight excluding hydrogens is 384 g/mol. The van der Waals surface area contributed by atoms with Gasteiger partial charge in [0.1, 0.15) is 0 Å². The van der Waals surface area contributed by atoms with E-state index in [0.717, 1.165) is 5.52 Å². The van der Waals surface area contributed by atoms with Crippen molar-refractivity contribution in [2.24, 2.45) is 0 Å². The van der Waals surface area contributed by atoms with Crippen molar-refractivity contribution in [1.82, 2.24) is 10.3 Å². The van der Waals surface area contributed by atoms with Crippen molar-refractivity contribution < 1.29 is 4.79 Å². The average Bonchev–Trinajstić information content (AvgIpc) is 3.24. The first kappa shape index (κ1) is 20.4. The van der Waals surface area contributed by atoms with Crippen LogP contribution in [-0.4, -0.2) is 23.5 Å². The van der Waals surface area contributed by atoms with E-state index in [9.17, 15) is 4.79 Å². The number of H-pyrrole nitrogens is 1. The highest BCUT2D eigenvalue weighted by Gasteiger charge is 2.20. The minimum atomic E-state index is -0.401. The van der Waals surface area contributed by atoms with Crippen LogP contribution in [0.1, 0.15) is 29.5 Å². The van der Waals surface area contributed by atoms with E-state index >= 15 is 0 Å². The zero-order valence-corrected chi connectivity index (χ0v) is 17.3. The first-order valence-electron chi connectivity index (χ1n) is 10.3. The van der Waals surface area contributed by atoms with Crippen LogP contribution in [-0.2, 0) is 4.79 Å². The third kappa shape index (κ3) is 4.66. The molecular formula is C26H24N4O. The van der Waals surface area contributed by atoms with E-state index < -0.39 is 6.04 Å². The number of rotatable bonds is 7. The lowest BCUT2D eigenvalue weighted by Crippen LogP contribution is -2.40. The van der Waals surface area contributed by atoms with Gasteiger partial charge < -0.3 is 15.6 Å². The van der Waals surface area contributed by atoms with Gasteiger partial charge in [0.2, 0.25) is 5.91 Å². The van der Waals surface area contributed by atoms with Gasteiger partial charge in [-0.05, 0) is 42.3 Å². The fourth-order valence-electron chi connectivity index (χ4n) is 3.78. The van der Waals surface area contributed by atoms with Gasteiger partial charge in [-0.3, -0.25) is 4.79 Å². The van der Waals surface area contributed by atoms with Crippen LogP contribution >= 0.6 is 0 Å². The summed E-state index contributed by atoms with van der Waals surface area (Å²) in [5, 5.41) is 16.5. The zero-order valence-electron chi connectivity index (χ0n) is 17.3. The normalized spacial score (nSPS) is 12.8. The third-order valence-electron chi connectivity index (χ3n) is 5.48. The number of carbonyl (C=O) groups excluding carboxylic acids is 1. The monoisotopic (exact) mass is 408 g/mol. The summed E-state index contributed by atoms with van der Waals surface area (Å²) in [6.45, 7) is 2.46. The van der Waals surface area contributed by atoms with Gasteiger partial charge in [0, 0.05) is 35.2 Å². The molecule has 5 nitrogen and oxygen atoms in total. The number of fused-ring (bicyclic) bond motifs is 1. The van der Waals surface area contributed by atoms with Crippen LogP contribution in [0.3, 0.4) is 0 Å². The Labute approximate surface area is 181 Å². The second-order valence-electron chi connectivity index (χ2n) is 7.56. The number of hydrogen-bond donors (Lipinski definition) is 3. The van der Waals surface area contributed by atoms with Crippen LogP contribution in [0.25, 0.3) is 10.9 Å². The second-order valence-corrected chi connectivity index (χ2v) is 7.56. The maximum Gasteiger partial charge on any atom is 0.241 e. The van der Waals surface area contributed by atoms with Gasteiger partial charge in [-0.15, -0.1) is 0 Å². The summed E-state index contributed by atoms with van der Waals surface area (Å²) in [6.07, 6.45) is 2.06. The number of aromatic nitrogens is 1. The van der Waals surface area contributed by atoms with Crippen LogP contribution in [0.2, 0.25) is 0 Å². The third-order valence-corrected chi connectivity index (χ3v) is 5.48. The van der Waals surface area contributed by atoms with Gasteiger partial charge in [-0.2, -0.15) is 5.26 Å². The molecule has 0 fully saturated rings. The Hall–Kier alpha value is -3.88. The van der Waals surface area contributed by atoms with E-state index in [1.165, 1.54) is 16.5 Å². The number of nitrogens with one attached hydrogen (secondary N) is 3. The van der Waals surface area contributed by atoms with E-state index in [1.807, 2.05) is 37.3 Å². The molecule has 1 heterocycles. The minimum absolute atomic E-state index is 0.0921. The molecule has 0 unspecified atom stereocenters. The van der Waals surface area contributed by atoms with Crippen molar-refractivity contribution in [3.8, 4) is 6.07 Å². The second kappa shape index (κ2) is 9.29. The Morgan fingerprint density at radius 2 is 1.81 bits per heavy atom. The van der Waals surface area contributed by atoms with Crippen LogP contribution in [0, 0.1) is 11.3 Å². The molecule has 0 saturated heterocycles. The summed E-state index contributed by atoms with van der Waals surface area (Å²) >= 11 is 0. The molecule has 0 saturated carbocycles. The number of nitriles is 1. The summed E-state index contributed by atoms with van der Waals surface area (Å²) in [7, 11) is 0. The van der Waals surface area contributed by atoms with Gasteiger partial charge in [-0.1, -0.05) is 54.6 Å². The highest BCUT2D eigenvalue weighted by molar-refractivity contribution is 5.94. The maximum absolute atomic E-state index is 12.7. The van der Waals surface area contributed by atoms with E-state index in [0.29, 0.717) is 17.8 Å². The predicted octanol–water partition coefficient (Wildman–Crippen LogP) is 4.79. The molecule has 4 aromatic rings. The molecule has 0 radical (unpaired) electrons. The number of hydrogen-bond acceptors (Lipinski definition) is 3. The number of anilines is 1. The Kier molecular flexibility index (Phi) is 6.11. The zero-order chi connectivity index (χ0) is 21.6. The van der Waals surface area contributed by atoms with Gasteiger partial charge >= 0.3 is 0 Å². The Morgan fingerprint density at radius 3 is 2.61 bits per heavy atom. The molecule has 0 aliphatic carbocycles. The molecule has 154 valence electrons. The lowest BCUT2D eigenvalue weighted by Gasteiger charge is -2.21. The van der Waals surface area contributed by atoms with Crippen molar-refractivity contribution in [1.29, 1.82) is 5.26 Å². The lowest BCUT2D eigenvalue weighted by molar-refractivity contribution is -0.117. The predicted molar refractivity (Wildman–Crippen MR) is 124 cm³/mol. The smallest absolute Gasteiger partial charge is 0.241 e. The van der Waals surface area contributed by atoms with Gasteiger partial charge in [0.25, 0.3) is 0 Å². The van der Waals surface area contributed by atoms with Crippen molar-refractivity contribution in [2.75, 3.05) is 11.9 Å². The number of para-hydroxylation sites is 1. The first-order valence-corrected chi connectivity index (χ1v) is 10.3. The van der Waals surface area contributed by atoms with Crippen molar-refractivity contribution >= 4 is 22.5 Å². The van der Waals surface area contributed by atoms with Gasteiger partial charge in [0.05, 0.1) is 17.7 Å². The fraction of sp³-hybridized carbons (Fsp3) is 0.154. The van der Waals surface area contributed by atoms with Crippen molar-refractivity contribution in [3.63, 3.8) is 0 Å². The first-order chi connectivity index (χ1) is 15.2. The fourth-order valence-corrected chi connectivity index (χ4v) is 3.78. The van der Waals surface area contributed by atoms with E-state index in [4.69, 9.17) is 5.26 Å². The molecule has 4 rings (SSSR count). The van der Waals surface area contributed by atoms with Crippen molar-refractivity contribution in [2.45, 2.75) is 18.9 Å². The quantitative estimate of drug-likeness (QED) is 0.411. The minimum Gasteiger partial charge on any atom is -0.361 e. The molecule has 3 aromatic carbocycles. The van der Waals surface area contributed by atoms with Crippen LogP contribution < -0.4 is 10.6 Å². The van der Waals surface area contributed by atoms with Crippen LogP contribution in [0.5, 0.6) is 0 Å². The standard InChI is InChI=1S/C26H24N4O/c1-18(26(31)30-21-11-7-8-19(14-21)15-27)28-16-23(20-9-3-2-4-10-20)24-17-29-25-13-6-5-12-22(24)25/h2-14,17-18,23,28-29H,16H2,1H3,(H,30,31)/t18-,23-/m1/s1. The average molecular weight is 409 g/mol. The number of aromatic amines is 1. The summed E-state index contributed by atoms with van der Waals surface area (Å²) < 4.78 is 0. The number of nitrogens with zero attached hydrogens (tertiary/aromatic N) is 1. The van der Waals surface area contributed by atoms with Crippen LogP contribution in [0.15, 0.2) is 85.1 Å². The Morgan fingerprint density at radius 1 is 1.03 bits per heavy atom. The SMILES string of the molecule is C[C@@H](NC[C@H](c1ccccc1)c1c[nH]c2ccccc12)C(=O)Nc1cccc(C#N)c1. The topological polar surface area (TPSA) is 80.7 Å². The number of amides is 1. The number of carbonyl (C=O) groups is 1. The molecule has 31 heavy (non-hydrogen) atoms. The van der Waals surface area contributed by atoms with E-state index in [1.54, 1.807) is 24.3 Å². The molecule has 5 heteroatoms. The van der Waals surface area contributed by atoms with Gasteiger partial charge in [-0.25, -0.2) is 0 Å². The molecule has 0 aliphatic heterocycles. The summed E-state index contributed by atoms with van der Waals surface area (Å²) in [5.41, 5.74) is 4.62. The molecule has 0 spiro atoms. The highest BCUT2D eigenvalue weighted by Crippen LogP contribution is 2.30. The van der Waals surface area contributed by atoms with E-state index in [2.05, 4.69) is 52.1 Å². The summed E-state index contributed by atoms with van der Waals surface area (Å²) in [5.74, 6) is -0.0460. The summed E-state index contributed by atoms with van der Waals surface area (Å²) in [4.78, 5) is 16.1. The highest BCUT2D eigenvalue weighted by atomic mass is 16.2. The largest absolute Gasteiger partial charge is 0.361 e. The Balaban J connectivity index is 1.51. The molecule has 0 aliphatic rings. The lowest BCUT2D eigenvalue weighted by atomic mass is 9.90. The molecule has 3 N–H and O–H groups in total. The molecule has 2 atom stereocenters. The summed E-state index contributed by atoms with van der Waals surface area (Å²) in [6, 6.07) is 27.2. The van der Waals surface area contributed by atoms with E-state index in [-0.39, 0.29) is 11.8 Å². The number of benzene rings is 3. The molecule has 1 amide bonds. The maximum atomic E-state index is 12.7. The molecule has 0 bridgehead atoms. The van der Waals surface area contributed by atoms with Crippen molar-refractivity contribution in [3.05, 3.63) is 102 Å².